The lowest BCUT2D eigenvalue weighted by atomic mass is 9.73. The van der Waals surface area contributed by atoms with E-state index in [0.29, 0.717) is 13.0 Å². The molecule has 6 heteroatoms. The first-order valence-corrected chi connectivity index (χ1v) is 11.4. The van der Waals surface area contributed by atoms with E-state index in [1.54, 1.807) is 4.90 Å². The van der Waals surface area contributed by atoms with E-state index in [1.165, 1.54) is 6.33 Å². The van der Waals surface area contributed by atoms with Crippen LogP contribution in [0.15, 0.2) is 67.3 Å². The van der Waals surface area contributed by atoms with Crippen molar-refractivity contribution in [3.63, 3.8) is 0 Å². The Morgan fingerprint density at radius 1 is 1.06 bits per heavy atom. The van der Waals surface area contributed by atoms with Crippen molar-refractivity contribution in [3.05, 3.63) is 83.4 Å². The average molecular weight is 449 g/mol. The summed E-state index contributed by atoms with van der Waals surface area (Å²) in [7, 11) is 3.71. The molecule has 1 atom stereocenters. The molecule has 3 aromatic rings. The maximum absolute atomic E-state index is 13.6. The average Bonchev–Trinajstić information content (AvgIpc) is 2.81. The Kier molecular flexibility index (Phi) is 6.87. The molecule has 1 fully saturated rings. The van der Waals surface area contributed by atoms with Crippen LogP contribution in [0.1, 0.15) is 24.0 Å². The van der Waals surface area contributed by atoms with Crippen molar-refractivity contribution in [1.29, 1.82) is 0 Å². The van der Waals surface area contributed by atoms with Gasteiger partial charge in [0, 0.05) is 50.2 Å². The lowest BCUT2D eigenvalue weighted by Gasteiger charge is -2.43. The zero-order chi connectivity index (χ0) is 22.6. The lowest BCUT2D eigenvalue weighted by Crippen LogP contribution is -2.52. The minimum atomic E-state index is -0.491. The minimum Gasteiger partial charge on any atom is -0.348 e. The molecule has 4 rings (SSSR count). The quantitative estimate of drug-likeness (QED) is 0.548. The summed E-state index contributed by atoms with van der Waals surface area (Å²) >= 11 is 6.43. The third-order valence-corrected chi connectivity index (χ3v) is 6.65. The number of nitrogens with zero attached hydrogens (tertiary/aromatic N) is 4. The molecule has 2 heterocycles. The summed E-state index contributed by atoms with van der Waals surface area (Å²) in [6.07, 6.45) is 7.71. The van der Waals surface area contributed by atoms with Gasteiger partial charge in [-0.05, 0) is 48.6 Å². The van der Waals surface area contributed by atoms with E-state index < -0.39 is 5.41 Å². The SMILES string of the molecule is CN(C)C(=O)C1(Cc2ccccc2-c2cncnc2)CCCN(Cc2ccccc2Cl)C1. The standard InChI is InChI=1S/C26H29ClN4O/c1-30(2)25(32)26(12-7-13-31(18-26)17-21-9-4-6-11-24(21)27)14-20-8-3-5-10-23(20)22-15-28-19-29-16-22/h3-6,8-11,15-16,19H,7,12-14,17-18H2,1-2H3. The van der Waals surface area contributed by atoms with Gasteiger partial charge in [0.2, 0.25) is 5.91 Å². The smallest absolute Gasteiger partial charge is 0.229 e. The highest BCUT2D eigenvalue weighted by molar-refractivity contribution is 6.31. The number of piperidine rings is 1. The van der Waals surface area contributed by atoms with E-state index in [4.69, 9.17) is 11.6 Å². The summed E-state index contributed by atoms with van der Waals surface area (Å²) in [6.45, 7) is 2.41. The molecule has 5 nitrogen and oxygen atoms in total. The summed E-state index contributed by atoms with van der Waals surface area (Å²) in [4.78, 5) is 26.1. The van der Waals surface area contributed by atoms with Crippen LogP contribution >= 0.6 is 11.6 Å². The molecule has 1 aliphatic rings. The monoisotopic (exact) mass is 448 g/mol. The van der Waals surface area contributed by atoms with Gasteiger partial charge in [-0.1, -0.05) is 54.1 Å². The molecule has 1 aromatic heterocycles. The fraction of sp³-hybridized carbons (Fsp3) is 0.346. The molecule has 1 unspecified atom stereocenters. The molecule has 1 saturated heterocycles. The van der Waals surface area contributed by atoms with Crippen LogP contribution in [0.4, 0.5) is 0 Å². The maximum Gasteiger partial charge on any atom is 0.229 e. The van der Waals surface area contributed by atoms with Crippen LogP contribution < -0.4 is 0 Å². The predicted molar refractivity (Wildman–Crippen MR) is 128 cm³/mol. The Hall–Kier alpha value is -2.76. The van der Waals surface area contributed by atoms with Crippen molar-refractivity contribution in [2.75, 3.05) is 27.2 Å². The first-order chi connectivity index (χ1) is 15.5. The van der Waals surface area contributed by atoms with Crippen molar-refractivity contribution in [3.8, 4) is 11.1 Å². The molecule has 0 radical (unpaired) electrons. The number of benzene rings is 2. The van der Waals surface area contributed by atoms with Gasteiger partial charge in [-0.2, -0.15) is 0 Å². The molecule has 0 spiro atoms. The fourth-order valence-electron chi connectivity index (χ4n) is 4.86. The Morgan fingerprint density at radius 3 is 2.47 bits per heavy atom. The highest BCUT2D eigenvalue weighted by atomic mass is 35.5. The number of hydrogen-bond donors (Lipinski definition) is 0. The normalized spacial score (nSPS) is 19.0. The zero-order valence-corrected chi connectivity index (χ0v) is 19.4. The van der Waals surface area contributed by atoms with Crippen molar-refractivity contribution < 1.29 is 4.79 Å². The highest BCUT2D eigenvalue weighted by Crippen LogP contribution is 2.38. The number of rotatable bonds is 6. The number of carbonyl (C=O) groups excluding carboxylic acids is 1. The molecular formula is C26H29ClN4O. The van der Waals surface area contributed by atoms with Gasteiger partial charge < -0.3 is 4.90 Å². The maximum atomic E-state index is 13.6. The second-order valence-electron chi connectivity index (χ2n) is 8.85. The molecule has 1 amide bonds. The van der Waals surface area contributed by atoms with Gasteiger partial charge in [0.05, 0.1) is 5.41 Å². The second-order valence-corrected chi connectivity index (χ2v) is 9.25. The number of aromatic nitrogens is 2. The van der Waals surface area contributed by atoms with Gasteiger partial charge in [0.25, 0.3) is 0 Å². The number of amides is 1. The molecule has 166 valence electrons. The number of likely N-dealkylation sites (tertiary alicyclic amines) is 1. The molecule has 2 aromatic carbocycles. The van der Waals surface area contributed by atoms with Crippen molar-refractivity contribution >= 4 is 17.5 Å². The van der Waals surface area contributed by atoms with Crippen LogP contribution in [-0.4, -0.2) is 52.9 Å². The Labute approximate surface area is 195 Å². The Balaban J connectivity index is 1.66. The molecule has 32 heavy (non-hydrogen) atoms. The van der Waals surface area contributed by atoms with Crippen molar-refractivity contribution in [2.45, 2.75) is 25.8 Å². The lowest BCUT2D eigenvalue weighted by molar-refractivity contribution is -0.143. The van der Waals surface area contributed by atoms with Gasteiger partial charge in [-0.3, -0.25) is 9.69 Å². The Morgan fingerprint density at radius 2 is 1.75 bits per heavy atom. The number of carbonyl (C=O) groups is 1. The van der Waals surface area contributed by atoms with Crippen molar-refractivity contribution in [2.24, 2.45) is 5.41 Å². The summed E-state index contributed by atoms with van der Waals surface area (Å²) in [6, 6.07) is 16.2. The minimum absolute atomic E-state index is 0.181. The summed E-state index contributed by atoms with van der Waals surface area (Å²) in [5.74, 6) is 0.181. The van der Waals surface area contributed by atoms with Gasteiger partial charge in [-0.15, -0.1) is 0 Å². The molecule has 0 aliphatic carbocycles. The third-order valence-electron chi connectivity index (χ3n) is 6.29. The first kappa shape index (κ1) is 22.4. The van der Waals surface area contributed by atoms with Gasteiger partial charge in [0.1, 0.15) is 6.33 Å². The zero-order valence-electron chi connectivity index (χ0n) is 18.7. The second kappa shape index (κ2) is 9.80. The van der Waals surface area contributed by atoms with Crippen LogP contribution in [0.25, 0.3) is 11.1 Å². The van der Waals surface area contributed by atoms with E-state index in [0.717, 1.165) is 53.2 Å². The van der Waals surface area contributed by atoms with Crippen LogP contribution in [-0.2, 0) is 17.8 Å². The van der Waals surface area contributed by atoms with Crippen LogP contribution in [0.5, 0.6) is 0 Å². The van der Waals surface area contributed by atoms with Crippen molar-refractivity contribution in [1.82, 2.24) is 19.8 Å². The van der Waals surface area contributed by atoms with E-state index >= 15 is 0 Å². The predicted octanol–water partition coefficient (Wildman–Crippen LogP) is 4.71. The van der Waals surface area contributed by atoms with Gasteiger partial charge in [0.15, 0.2) is 0 Å². The molecule has 0 N–H and O–H groups in total. The Bertz CT molecular complexity index is 1070. The largest absolute Gasteiger partial charge is 0.348 e. The first-order valence-electron chi connectivity index (χ1n) is 11.0. The van der Waals surface area contributed by atoms with E-state index in [-0.39, 0.29) is 5.91 Å². The van der Waals surface area contributed by atoms with Gasteiger partial charge >= 0.3 is 0 Å². The summed E-state index contributed by atoms with van der Waals surface area (Å²) in [5.41, 5.74) is 3.82. The fourth-order valence-corrected chi connectivity index (χ4v) is 5.05. The van der Waals surface area contributed by atoms with E-state index in [2.05, 4.69) is 33.1 Å². The van der Waals surface area contributed by atoms with E-state index in [1.807, 2.05) is 56.8 Å². The highest BCUT2D eigenvalue weighted by Gasteiger charge is 2.43. The molecular weight excluding hydrogens is 420 g/mol. The summed E-state index contributed by atoms with van der Waals surface area (Å²) < 4.78 is 0. The molecule has 0 saturated carbocycles. The molecule has 0 bridgehead atoms. The third kappa shape index (κ3) is 4.84. The number of halogens is 1. The van der Waals surface area contributed by atoms with Gasteiger partial charge in [-0.25, -0.2) is 9.97 Å². The van der Waals surface area contributed by atoms with Crippen LogP contribution in [0.3, 0.4) is 0 Å². The summed E-state index contributed by atoms with van der Waals surface area (Å²) in [5, 5.41) is 0.775. The van der Waals surface area contributed by atoms with E-state index in [9.17, 15) is 4.79 Å². The van der Waals surface area contributed by atoms with Crippen LogP contribution in [0.2, 0.25) is 5.02 Å². The molecule has 1 aliphatic heterocycles. The number of hydrogen-bond acceptors (Lipinski definition) is 4. The topological polar surface area (TPSA) is 49.3 Å². The van der Waals surface area contributed by atoms with Crippen LogP contribution in [0, 0.1) is 5.41 Å².